The summed E-state index contributed by atoms with van der Waals surface area (Å²) in [6.45, 7) is 2.52. The molecule has 1 aromatic heterocycles. The van der Waals surface area contributed by atoms with Gasteiger partial charge in [0.15, 0.2) is 0 Å². The van der Waals surface area contributed by atoms with Gasteiger partial charge in [0.1, 0.15) is 12.0 Å². The molecule has 116 valence electrons. The predicted molar refractivity (Wildman–Crippen MR) is 88.5 cm³/mol. The zero-order valence-corrected chi connectivity index (χ0v) is 13.3. The summed E-state index contributed by atoms with van der Waals surface area (Å²) >= 11 is 0. The molecule has 0 radical (unpaired) electrons. The Balaban J connectivity index is 2.20. The first-order valence-corrected chi connectivity index (χ1v) is 6.97. The van der Waals surface area contributed by atoms with Crippen molar-refractivity contribution in [1.29, 1.82) is 0 Å². The molecule has 0 bridgehead atoms. The van der Waals surface area contributed by atoms with E-state index in [4.69, 9.17) is 0 Å². The maximum absolute atomic E-state index is 10.8. The Morgan fingerprint density at radius 2 is 1.95 bits per heavy atom. The van der Waals surface area contributed by atoms with Gasteiger partial charge in [-0.2, -0.15) is 0 Å². The fourth-order valence-corrected chi connectivity index (χ4v) is 2.33. The van der Waals surface area contributed by atoms with Crippen molar-refractivity contribution >= 4 is 17.2 Å². The van der Waals surface area contributed by atoms with Gasteiger partial charge in [-0.1, -0.05) is 12.1 Å². The number of nitro groups is 1. The standard InChI is InChI=1S/C16H20N4O2/c1-12-8-15(20(21)22)10-17-16(12)19(4)11-13-6-5-7-14(9-13)18(2)3/h5-10H,11H2,1-4H3. The summed E-state index contributed by atoms with van der Waals surface area (Å²) in [6.07, 6.45) is 1.30. The first kappa shape index (κ1) is 15.8. The monoisotopic (exact) mass is 300 g/mol. The van der Waals surface area contributed by atoms with E-state index in [1.807, 2.05) is 39.0 Å². The highest BCUT2D eigenvalue weighted by molar-refractivity contribution is 5.52. The average molecular weight is 300 g/mol. The van der Waals surface area contributed by atoms with E-state index in [-0.39, 0.29) is 5.69 Å². The Morgan fingerprint density at radius 3 is 2.55 bits per heavy atom. The van der Waals surface area contributed by atoms with Gasteiger partial charge in [0.2, 0.25) is 0 Å². The van der Waals surface area contributed by atoms with Crippen LogP contribution in [0, 0.1) is 17.0 Å². The lowest BCUT2D eigenvalue weighted by molar-refractivity contribution is -0.385. The molecule has 0 saturated heterocycles. The lowest BCUT2D eigenvalue weighted by Gasteiger charge is -2.21. The maximum atomic E-state index is 10.8. The van der Waals surface area contributed by atoms with Crippen molar-refractivity contribution in [3.63, 3.8) is 0 Å². The van der Waals surface area contributed by atoms with Gasteiger partial charge in [0.05, 0.1) is 4.92 Å². The van der Waals surface area contributed by atoms with Gasteiger partial charge < -0.3 is 9.80 Å². The van der Waals surface area contributed by atoms with Crippen molar-refractivity contribution in [1.82, 2.24) is 4.98 Å². The molecule has 2 rings (SSSR count). The van der Waals surface area contributed by atoms with Crippen LogP contribution >= 0.6 is 0 Å². The van der Waals surface area contributed by atoms with Gasteiger partial charge in [0.25, 0.3) is 5.69 Å². The fraction of sp³-hybridized carbons (Fsp3) is 0.312. The number of aromatic nitrogens is 1. The summed E-state index contributed by atoms with van der Waals surface area (Å²) in [5.41, 5.74) is 3.11. The lowest BCUT2D eigenvalue weighted by Crippen LogP contribution is -2.19. The molecule has 0 spiro atoms. The van der Waals surface area contributed by atoms with Crippen molar-refractivity contribution < 1.29 is 4.92 Å². The Labute approximate surface area is 130 Å². The summed E-state index contributed by atoms with van der Waals surface area (Å²) in [4.78, 5) is 18.6. The number of benzene rings is 1. The van der Waals surface area contributed by atoms with Crippen molar-refractivity contribution in [2.24, 2.45) is 0 Å². The Morgan fingerprint density at radius 1 is 1.23 bits per heavy atom. The maximum Gasteiger partial charge on any atom is 0.287 e. The Hall–Kier alpha value is -2.63. The fourth-order valence-electron chi connectivity index (χ4n) is 2.33. The zero-order chi connectivity index (χ0) is 16.3. The highest BCUT2D eigenvalue weighted by Gasteiger charge is 2.13. The molecule has 0 N–H and O–H groups in total. The second-order valence-corrected chi connectivity index (χ2v) is 5.51. The van der Waals surface area contributed by atoms with Crippen LogP contribution in [0.1, 0.15) is 11.1 Å². The second kappa shape index (κ2) is 6.43. The minimum Gasteiger partial charge on any atom is -0.378 e. The first-order chi connectivity index (χ1) is 10.4. The van der Waals surface area contributed by atoms with Crippen LogP contribution in [0.15, 0.2) is 36.5 Å². The molecule has 6 heteroatoms. The molecule has 0 aliphatic rings. The van der Waals surface area contributed by atoms with E-state index in [1.165, 1.54) is 6.20 Å². The minimum absolute atomic E-state index is 0.0178. The normalized spacial score (nSPS) is 10.4. The average Bonchev–Trinajstić information content (AvgIpc) is 2.47. The van der Waals surface area contributed by atoms with Gasteiger partial charge in [-0.15, -0.1) is 0 Å². The molecule has 0 amide bonds. The summed E-state index contributed by atoms with van der Waals surface area (Å²) in [7, 11) is 5.94. The van der Waals surface area contributed by atoms with Gasteiger partial charge in [-0.05, 0) is 30.2 Å². The van der Waals surface area contributed by atoms with E-state index < -0.39 is 4.92 Å². The highest BCUT2D eigenvalue weighted by Crippen LogP contribution is 2.23. The van der Waals surface area contributed by atoms with Crippen LogP contribution < -0.4 is 9.80 Å². The number of anilines is 2. The molecule has 1 aromatic carbocycles. The smallest absolute Gasteiger partial charge is 0.287 e. The molecule has 0 fully saturated rings. The van der Waals surface area contributed by atoms with Crippen LogP contribution in [0.3, 0.4) is 0 Å². The largest absolute Gasteiger partial charge is 0.378 e. The third-order valence-electron chi connectivity index (χ3n) is 3.46. The number of hydrogen-bond acceptors (Lipinski definition) is 5. The van der Waals surface area contributed by atoms with E-state index in [0.717, 1.165) is 22.6 Å². The van der Waals surface area contributed by atoms with Gasteiger partial charge in [0, 0.05) is 39.4 Å². The van der Waals surface area contributed by atoms with Crippen LogP contribution in [-0.4, -0.2) is 31.1 Å². The van der Waals surface area contributed by atoms with Crippen LogP contribution in [-0.2, 0) is 6.54 Å². The Bertz CT molecular complexity index is 686. The summed E-state index contributed by atoms with van der Waals surface area (Å²) in [5, 5.41) is 10.8. The van der Waals surface area contributed by atoms with Crippen molar-refractivity contribution in [3.05, 3.63) is 57.8 Å². The number of pyridine rings is 1. The molecular formula is C16H20N4O2. The van der Waals surface area contributed by atoms with Gasteiger partial charge in [-0.3, -0.25) is 10.1 Å². The molecule has 22 heavy (non-hydrogen) atoms. The highest BCUT2D eigenvalue weighted by atomic mass is 16.6. The number of aryl methyl sites for hydroxylation is 1. The summed E-state index contributed by atoms with van der Waals surface area (Å²) in [5.74, 6) is 0.751. The molecule has 2 aromatic rings. The SMILES string of the molecule is Cc1cc([N+](=O)[O-])cnc1N(C)Cc1cccc(N(C)C)c1. The van der Waals surface area contributed by atoms with Crippen LogP contribution in [0.5, 0.6) is 0 Å². The molecule has 6 nitrogen and oxygen atoms in total. The zero-order valence-electron chi connectivity index (χ0n) is 13.3. The van der Waals surface area contributed by atoms with E-state index >= 15 is 0 Å². The number of hydrogen-bond donors (Lipinski definition) is 0. The van der Waals surface area contributed by atoms with Crippen molar-refractivity contribution in [3.8, 4) is 0 Å². The predicted octanol–water partition coefficient (Wildman–Crippen LogP) is 3.00. The van der Waals surface area contributed by atoms with E-state index in [0.29, 0.717) is 6.54 Å². The molecule has 0 saturated carbocycles. The third kappa shape index (κ3) is 3.52. The number of nitrogens with zero attached hydrogens (tertiary/aromatic N) is 4. The molecule has 1 heterocycles. The van der Waals surface area contributed by atoms with Gasteiger partial charge >= 0.3 is 0 Å². The van der Waals surface area contributed by atoms with Crippen molar-refractivity contribution in [2.75, 3.05) is 30.9 Å². The third-order valence-corrected chi connectivity index (χ3v) is 3.46. The van der Waals surface area contributed by atoms with Crippen molar-refractivity contribution in [2.45, 2.75) is 13.5 Å². The molecule has 0 unspecified atom stereocenters. The quantitative estimate of drug-likeness (QED) is 0.627. The van der Waals surface area contributed by atoms with E-state index in [9.17, 15) is 10.1 Å². The van der Waals surface area contributed by atoms with Crippen LogP contribution in [0.2, 0.25) is 0 Å². The first-order valence-electron chi connectivity index (χ1n) is 6.97. The number of rotatable bonds is 5. The van der Waals surface area contributed by atoms with E-state index in [2.05, 4.69) is 28.1 Å². The molecule has 0 aliphatic heterocycles. The molecule has 0 atom stereocenters. The van der Waals surface area contributed by atoms with Crippen LogP contribution in [0.4, 0.5) is 17.2 Å². The van der Waals surface area contributed by atoms with Gasteiger partial charge in [-0.25, -0.2) is 4.98 Å². The summed E-state index contributed by atoms with van der Waals surface area (Å²) < 4.78 is 0. The topological polar surface area (TPSA) is 62.5 Å². The lowest BCUT2D eigenvalue weighted by atomic mass is 10.1. The molecular weight excluding hydrogens is 280 g/mol. The molecule has 0 aliphatic carbocycles. The van der Waals surface area contributed by atoms with E-state index in [1.54, 1.807) is 6.07 Å². The van der Waals surface area contributed by atoms with Crippen LogP contribution in [0.25, 0.3) is 0 Å². The second-order valence-electron chi connectivity index (χ2n) is 5.51. The Kier molecular flexibility index (Phi) is 4.60. The minimum atomic E-state index is -0.426. The summed E-state index contributed by atoms with van der Waals surface area (Å²) in [6, 6.07) is 9.81.